The van der Waals surface area contributed by atoms with Crippen molar-refractivity contribution in [3.63, 3.8) is 0 Å². The molecule has 2 rings (SSSR count). The predicted molar refractivity (Wildman–Crippen MR) is 80.3 cm³/mol. The Bertz CT molecular complexity index is 716. The van der Waals surface area contributed by atoms with E-state index in [1.54, 1.807) is 6.07 Å². The van der Waals surface area contributed by atoms with Crippen molar-refractivity contribution < 1.29 is 16.8 Å². The predicted octanol–water partition coefficient (Wildman–Crippen LogP) is 0.723. The quantitative estimate of drug-likeness (QED) is 0.846. The second-order valence-electron chi connectivity index (χ2n) is 5.25. The van der Waals surface area contributed by atoms with Crippen molar-refractivity contribution >= 4 is 25.9 Å². The molecular weight excluding hydrogens is 314 g/mol. The second-order valence-corrected chi connectivity index (χ2v) is 8.45. The molecule has 3 N–H and O–H groups in total. The Balaban J connectivity index is 2.29. The van der Waals surface area contributed by atoms with E-state index in [4.69, 9.17) is 5.14 Å². The van der Waals surface area contributed by atoms with Gasteiger partial charge in [0.25, 0.3) is 0 Å². The van der Waals surface area contributed by atoms with Gasteiger partial charge in [-0.25, -0.2) is 13.6 Å². The molecule has 7 nitrogen and oxygen atoms in total. The van der Waals surface area contributed by atoms with Gasteiger partial charge >= 0.3 is 10.2 Å². The summed E-state index contributed by atoms with van der Waals surface area (Å²) in [6, 6.07) is 5.68. The number of rotatable bonds is 4. The Hall–Kier alpha value is -1.16. The molecule has 1 unspecified atom stereocenters. The van der Waals surface area contributed by atoms with E-state index in [9.17, 15) is 16.8 Å². The van der Waals surface area contributed by atoms with Gasteiger partial charge in [-0.15, -0.1) is 0 Å². The largest absolute Gasteiger partial charge is 0.301 e. The van der Waals surface area contributed by atoms with Gasteiger partial charge in [0.2, 0.25) is 10.0 Å². The first-order valence-corrected chi connectivity index (χ1v) is 9.58. The number of anilines is 1. The molecule has 1 atom stereocenters. The zero-order valence-corrected chi connectivity index (χ0v) is 13.3. The highest BCUT2D eigenvalue weighted by atomic mass is 32.2. The van der Waals surface area contributed by atoms with Crippen LogP contribution in [-0.2, 0) is 20.2 Å². The fraction of sp³-hybridized carbons (Fsp3) is 0.500. The fourth-order valence-corrected chi connectivity index (χ4v) is 4.53. The second kappa shape index (κ2) is 5.91. The van der Waals surface area contributed by atoms with Gasteiger partial charge in [0.1, 0.15) is 4.90 Å². The van der Waals surface area contributed by atoms with Crippen molar-refractivity contribution in [2.45, 2.75) is 24.7 Å². The molecule has 0 spiro atoms. The molecule has 1 heterocycles. The average molecular weight is 333 g/mol. The lowest BCUT2D eigenvalue weighted by molar-refractivity contribution is 0.282. The van der Waals surface area contributed by atoms with Gasteiger partial charge in [0, 0.05) is 13.1 Å². The maximum absolute atomic E-state index is 12.4. The minimum absolute atomic E-state index is 0.0294. The molecule has 1 aromatic carbocycles. The van der Waals surface area contributed by atoms with Crippen LogP contribution in [0.3, 0.4) is 0 Å². The van der Waals surface area contributed by atoms with Crippen LogP contribution in [0.5, 0.6) is 0 Å². The summed E-state index contributed by atoms with van der Waals surface area (Å²) in [6.45, 7) is 2.84. The molecule has 0 aliphatic carbocycles. The zero-order valence-electron chi connectivity index (χ0n) is 11.7. The van der Waals surface area contributed by atoms with E-state index in [2.05, 4.69) is 4.72 Å². The van der Waals surface area contributed by atoms with Gasteiger partial charge < -0.3 is 0 Å². The first-order valence-electron chi connectivity index (χ1n) is 6.60. The Morgan fingerprint density at radius 3 is 2.52 bits per heavy atom. The van der Waals surface area contributed by atoms with E-state index < -0.39 is 20.2 Å². The molecule has 0 amide bonds. The smallest absolute Gasteiger partial charge is 0.270 e. The van der Waals surface area contributed by atoms with Crippen molar-refractivity contribution in [3.05, 3.63) is 24.3 Å². The zero-order chi connectivity index (χ0) is 15.7. The average Bonchev–Trinajstić information content (AvgIpc) is 2.37. The number of hydrogen-bond acceptors (Lipinski definition) is 4. The van der Waals surface area contributed by atoms with Crippen LogP contribution in [-0.4, -0.2) is 34.2 Å². The van der Waals surface area contributed by atoms with Crippen molar-refractivity contribution in [3.8, 4) is 0 Å². The molecule has 1 saturated heterocycles. The van der Waals surface area contributed by atoms with Crippen LogP contribution in [0.1, 0.15) is 19.8 Å². The Labute approximate surface area is 125 Å². The van der Waals surface area contributed by atoms with Crippen LogP contribution in [0, 0.1) is 5.92 Å². The van der Waals surface area contributed by atoms with Crippen LogP contribution in [0.25, 0.3) is 0 Å². The summed E-state index contributed by atoms with van der Waals surface area (Å²) in [5.41, 5.74) is -0.0294. The summed E-state index contributed by atoms with van der Waals surface area (Å²) in [5.74, 6) is 0.281. The van der Waals surface area contributed by atoms with Gasteiger partial charge in [-0.2, -0.15) is 12.7 Å². The van der Waals surface area contributed by atoms with Crippen molar-refractivity contribution in [2.24, 2.45) is 11.1 Å². The normalized spacial score (nSPS) is 21.1. The first-order chi connectivity index (χ1) is 9.70. The maximum atomic E-state index is 12.4. The molecule has 0 radical (unpaired) electrons. The summed E-state index contributed by atoms with van der Waals surface area (Å²) < 4.78 is 51.4. The summed E-state index contributed by atoms with van der Waals surface area (Å²) in [5, 5.41) is 5.10. The Morgan fingerprint density at radius 2 is 1.90 bits per heavy atom. The summed E-state index contributed by atoms with van der Waals surface area (Å²) >= 11 is 0. The van der Waals surface area contributed by atoms with Crippen LogP contribution in [0.4, 0.5) is 5.69 Å². The number of nitrogens with two attached hydrogens (primary N) is 1. The fourth-order valence-electron chi connectivity index (χ4n) is 2.37. The van der Waals surface area contributed by atoms with E-state index >= 15 is 0 Å². The lowest BCUT2D eigenvalue weighted by atomic mass is 10.0. The lowest BCUT2D eigenvalue weighted by Gasteiger charge is -2.30. The van der Waals surface area contributed by atoms with E-state index in [0.29, 0.717) is 13.1 Å². The molecular formula is C12H19N3O4S2. The van der Waals surface area contributed by atoms with Crippen molar-refractivity contribution in [1.82, 2.24) is 4.31 Å². The van der Waals surface area contributed by atoms with E-state index in [-0.39, 0.29) is 16.5 Å². The van der Waals surface area contributed by atoms with E-state index in [0.717, 1.165) is 12.8 Å². The van der Waals surface area contributed by atoms with Gasteiger partial charge in [0.05, 0.1) is 5.69 Å². The van der Waals surface area contributed by atoms with Crippen LogP contribution >= 0.6 is 0 Å². The van der Waals surface area contributed by atoms with Gasteiger partial charge in [0.15, 0.2) is 0 Å². The monoisotopic (exact) mass is 333 g/mol. The number of nitrogens with zero attached hydrogens (tertiary/aromatic N) is 1. The minimum Gasteiger partial charge on any atom is -0.270 e. The molecule has 1 fully saturated rings. The van der Waals surface area contributed by atoms with Gasteiger partial charge in [-0.3, -0.25) is 4.72 Å². The molecule has 1 aromatic rings. The van der Waals surface area contributed by atoms with Crippen LogP contribution in [0.2, 0.25) is 0 Å². The number of sulfonamides is 1. The number of benzene rings is 1. The number of para-hydroxylation sites is 1. The van der Waals surface area contributed by atoms with E-state index in [1.807, 2.05) is 6.92 Å². The molecule has 0 aromatic heterocycles. The SMILES string of the molecule is CC1CCCN(S(=O)(=O)Nc2ccccc2S(N)(=O)=O)C1. The van der Waals surface area contributed by atoms with E-state index in [1.165, 1.54) is 22.5 Å². The van der Waals surface area contributed by atoms with Crippen LogP contribution in [0.15, 0.2) is 29.2 Å². The highest BCUT2D eigenvalue weighted by molar-refractivity contribution is 7.91. The maximum Gasteiger partial charge on any atom is 0.301 e. The number of hydrogen-bond donors (Lipinski definition) is 2. The standard InChI is InChI=1S/C12H19N3O4S2/c1-10-5-4-8-15(9-10)21(18,19)14-11-6-2-3-7-12(11)20(13,16)17/h2-3,6-7,10,14H,4-5,8-9H2,1H3,(H2,13,16,17). The molecule has 0 saturated carbocycles. The number of primary sulfonamides is 1. The lowest BCUT2D eigenvalue weighted by Crippen LogP contribution is -2.42. The highest BCUT2D eigenvalue weighted by Crippen LogP contribution is 2.24. The molecule has 9 heteroatoms. The topological polar surface area (TPSA) is 110 Å². The Morgan fingerprint density at radius 1 is 1.24 bits per heavy atom. The summed E-state index contributed by atoms with van der Waals surface area (Å²) in [6.07, 6.45) is 1.78. The van der Waals surface area contributed by atoms with Crippen molar-refractivity contribution in [1.29, 1.82) is 0 Å². The van der Waals surface area contributed by atoms with Gasteiger partial charge in [-0.1, -0.05) is 19.1 Å². The van der Waals surface area contributed by atoms with Crippen LogP contribution < -0.4 is 9.86 Å². The molecule has 1 aliphatic heterocycles. The molecule has 118 valence electrons. The summed E-state index contributed by atoms with van der Waals surface area (Å²) in [7, 11) is -7.78. The third-order valence-electron chi connectivity index (χ3n) is 3.39. The minimum atomic E-state index is -3.99. The third kappa shape index (κ3) is 3.94. The first kappa shape index (κ1) is 16.2. The Kier molecular flexibility index (Phi) is 4.57. The molecule has 1 aliphatic rings. The number of piperidine rings is 1. The summed E-state index contributed by atoms with van der Waals surface area (Å²) in [4.78, 5) is -0.237. The number of nitrogens with one attached hydrogen (secondary N) is 1. The molecule has 21 heavy (non-hydrogen) atoms. The third-order valence-corrected chi connectivity index (χ3v) is 5.85. The van der Waals surface area contributed by atoms with Gasteiger partial charge in [-0.05, 0) is 30.9 Å². The highest BCUT2D eigenvalue weighted by Gasteiger charge is 2.28. The van der Waals surface area contributed by atoms with Crippen molar-refractivity contribution in [2.75, 3.05) is 17.8 Å². The molecule has 0 bridgehead atoms.